The van der Waals surface area contributed by atoms with Crippen molar-refractivity contribution in [2.75, 3.05) is 5.73 Å². The monoisotopic (exact) mass is 325 g/mol. The summed E-state index contributed by atoms with van der Waals surface area (Å²) in [5.41, 5.74) is 8.65. The van der Waals surface area contributed by atoms with Gasteiger partial charge in [0.1, 0.15) is 5.82 Å². The largest absolute Gasteiger partial charge is 0.399 e. The summed E-state index contributed by atoms with van der Waals surface area (Å²) in [6, 6.07) is 10.9. The molecule has 0 spiro atoms. The van der Waals surface area contributed by atoms with Crippen LogP contribution < -0.4 is 5.73 Å². The van der Waals surface area contributed by atoms with Crippen molar-refractivity contribution >= 4 is 33.4 Å². The predicted octanol–water partition coefficient (Wildman–Crippen LogP) is 4.77. The molecule has 0 amide bonds. The average Bonchev–Trinajstić information content (AvgIpc) is 2.35. The Morgan fingerprint density at radius 1 is 1.28 bits per heavy atom. The maximum absolute atomic E-state index is 13.4. The number of rotatable bonds is 3. The van der Waals surface area contributed by atoms with Crippen molar-refractivity contribution < 1.29 is 4.39 Å². The van der Waals surface area contributed by atoms with E-state index in [1.165, 1.54) is 11.6 Å². The molecule has 0 fully saturated rings. The molecule has 0 atom stereocenters. The second kappa shape index (κ2) is 5.76. The predicted molar refractivity (Wildman–Crippen MR) is 79.3 cm³/mol. The number of hydrogen-bond acceptors (Lipinski definition) is 2. The van der Waals surface area contributed by atoms with Crippen LogP contribution in [-0.4, -0.2) is 0 Å². The fourth-order valence-electron chi connectivity index (χ4n) is 1.59. The third kappa shape index (κ3) is 3.06. The van der Waals surface area contributed by atoms with Crippen molar-refractivity contribution in [1.29, 1.82) is 0 Å². The van der Waals surface area contributed by atoms with Crippen LogP contribution in [0.4, 0.5) is 10.1 Å². The summed E-state index contributed by atoms with van der Waals surface area (Å²) in [4.78, 5) is 1.13. The summed E-state index contributed by atoms with van der Waals surface area (Å²) in [5, 5.41) is 0. The van der Waals surface area contributed by atoms with E-state index in [1.54, 1.807) is 17.8 Å². The number of thioether (sulfide) groups is 1. The van der Waals surface area contributed by atoms with E-state index < -0.39 is 0 Å². The lowest BCUT2D eigenvalue weighted by atomic mass is 10.2. The number of halogens is 2. The molecule has 4 heteroatoms. The van der Waals surface area contributed by atoms with E-state index in [0.29, 0.717) is 10.2 Å². The van der Waals surface area contributed by atoms with Crippen LogP contribution in [-0.2, 0) is 5.75 Å². The summed E-state index contributed by atoms with van der Waals surface area (Å²) in [7, 11) is 0. The van der Waals surface area contributed by atoms with E-state index in [0.717, 1.165) is 16.1 Å². The minimum atomic E-state index is -0.225. The SMILES string of the molecule is Cc1ccc(N)cc1SCc1cccc(F)c1Br. The highest BCUT2D eigenvalue weighted by Crippen LogP contribution is 2.31. The van der Waals surface area contributed by atoms with Crippen LogP contribution in [0.3, 0.4) is 0 Å². The minimum absolute atomic E-state index is 0.225. The maximum atomic E-state index is 13.4. The highest BCUT2D eigenvalue weighted by Gasteiger charge is 2.07. The van der Waals surface area contributed by atoms with Gasteiger partial charge in [0.25, 0.3) is 0 Å². The molecular weight excluding hydrogens is 313 g/mol. The van der Waals surface area contributed by atoms with Gasteiger partial charge in [-0.3, -0.25) is 0 Å². The molecule has 2 rings (SSSR count). The summed E-state index contributed by atoms with van der Waals surface area (Å²) in [6.45, 7) is 2.04. The smallest absolute Gasteiger partial charge is 0.137 e. The first-order valence-electron chi connectivity index (χ1n) is 5.50. The van der Waals surface area contributed by atoms with Crippen molar-refractivity contribution in [2.45, 2.75) is 17.6 Å². The quantitative estimate of drug-likeness (QED) is 0.649. The van der Waals surface area contributed by atoms with E-state index in [9.17, 15) is 4.39 Å². The van der Waals surface area contributed by atoms with Crippen molar-refractivity contribution in [1.82, 2.24) is 0 Å². The van der Waals surface area contributed by atoms with Crippen LogP contribution >= 0.6 is 27.7 Å². The third-order valence-corrected chi connectivity index (χ3v) is 4.72. The molecule has 0 radical (unpaired) electrons. The van der Waals surface area contributed by atoms with E-state index in [4.69, 9.17) is 5.73 Å². The standard InChI is InChI=1S/C14H13BrFNS/c1-9-5-6-11(17)7-13(9)18-8-10-3-2-4-12(16)14(10)15/h2-7H,8,17H2,1H3. The highest BCUT2D eigenvalue weighted by atomic mass is 79.9. The molecule has 2 aromatic rings. The van der Waals surface area contributed by atoms with E-state index in [2.05, 4.69) is 15.9 Å². The van der Waals surface area contributed by atoms with Crippen LogP contribution in [0.15, 0.2) is 45.8 Å². The first-order chi connectivity index (χ1) is 8.58. The average molecular weight is 326 g/mol. The van der Waals surface area contributed by atoms with Crippen LogP contribution in [0.25, 0.3) is 0 Å². The zero-order chi connectivity index (χ0) is 13.1. The summed E-state index contributed by atoms with van der Waals surface area (Å²) in [5.74, 6) is 0.486. The Morgan fingerprint density at radius 2 is 2.06 bits per heavy atom. The Labute approximate surface area is 119 Å². The first kappa shape index (κ1) is 13.4. The zero-order valence-electron chi connectivity index (χ0n) is 9.91. The summed E-state index contributed by atoms with van der Waals surface area (Å²) in [6.07, 6.45) is 0. The fraction of sp³-hybridized carbons (Fsp3) is 0.143. The molecule has 0 bridgehead atoms. The molecule has 0 aliphatic heterocycles. The topological polar surface area (TPSA) is 26.0 Å². The first-order valence-corrected chi connectivity index (χ1v) is 7.27. The molecule has 1 nitrogen and oxygen atoms in total. The van der Waals surface area contributed by atoms with Crippen molar-refractivity contribution in [3.8, 4) is 0 Å². The van der Waals surface area contributed by atoms with Gasteiger partial charge < -0.3 is 5.73 Å². The van der Waals surface area contributed by atoms with E-state index in [-0.39, 0.29) is 5.82 Å². The molecule has 94 valence electrons. The normalized spacial score (nSPS) is 10.6. The molecule has 0 aliphatic rings. The van der Waals surface area contributed by atoms with Gasteiger partial charge in [-0.2, -0.15) is 0 Å². The molecule has 0 aliphatic carbocycles. The third-order valence-electron chi connectivity index (χ3n) is 2.63. The zero-order valence-corrected chi connectivity index (χ0v) is 12.3. The van der Waals surface area contributed by atoms with Gasteiger partial charge in [-0.15, -0.1) is 11.8 Å². The lowest BCUT2D eigenvalue weighted by Gasteiger charge is -2.08. The molecular formula is C14H13BrFNS. The van der Waals surface area contributed by atoms with Gasteiger partial charge in [0, 0.05) is 16.3 Å². The number of anilines is 1. The van der Waals surface area contributed by atoms with E-state index >= 15 is 0 Å². The number of nitrogen functional groups attached to an aromatic ring is 1. The van der Waals surface area contributed by atoms with Crippen molar-refractivity contribution in [2.24, 2.45) is 0 Å². The maximum Gasteiger partial charge on any atom is 0.137 e. The Balaban J connectivity index is 2.16. The Morgan fingerprint density at radius 3 is 2.83 bits per heavy atom. The molecule has 0 saturated carbocycles. The van der Waals surface area contributed by atoms with Crippen LogP contribution in [0, 0.1) is 12.7 Å². The molecule has 2 N–H and O–H groups in total. The van der Waals surface area contributed by atoms with Crippen molar-refractivity contribution in [3.63, 3.8) is 0 Å². The second-order valence-corrected chi connectivity index (χ2v) is 5.84. The van der Waals surface area contributed by atoms with Crippen LogP contribution in [0.5, 0.6) is 0 Å². The van der Waals surface area contributed by atoms with Gasteiger partial charge in [0.05, 0.1) is 4.47 Å². The van der Waals surface area contributed by atoms with Gasteiger partial charge in [-0.05, 0) is 52.2 Å². The van der Waals surface area contributed by atoms with Gasteiger partial charge in [0.2, 0.25) is 0 Å². The summed E-state index contributed by atoms with van der Waals surface area (Å²) >= 11 is 4.93. The second-order valence-electron chi connectivity index (χ2n) is 4.03. The summed E-state index contributed by atoms with van der Waals surface area (Å²) < 4.78 is 13.9. The van der Waals surface area contributed by atoms with Gasteiger partial charge in [-0.25, -0.2) is 4.39 Å². The lowest BCUT2D eigenvalue weighted by Crippen LogP contribution is -1.90. The lowest BCUT2D eigenvalue weighted by molar-refractivity contribution is 0.619. The van der Waals surface area contributed by atoms with Gasteiger partial charge >= 0.3 is 0 Å². The Bertz CT molecular complexity index is 570. The van der Waals surface area contributed by atoms with Gasteiger partial charge in [0.15, 0.2) is 0 Å². The minimum Gasteiger partial charge on any atom is -0.399 e. The van der Waals surface area contributed by atoms with Crippen LogP contribution in [0.2, 0.25) is 0 Å². The molecule has 0 unspecified atom stereocenters. The highest BCUT2D eigenvalue weighted by molar-refractivity contribution is 9.10. The number of benzene rings is 2. The number of aryl methyl sites for hydroxylation is 1. The fourth-order valence-corrected chi connectivity index (χ4v) is 3.24. The van der Waals surface area contributed by atoms with E-state index in [1.807, 2.05) is 31.2 Å². The number of hydrogen-bond donors (Lipinski definition) is 1. The Hall–Kier alpha value is -1.00. The van der Waals surface area contributed by atoms with Gasteiger partial charge in [-0.1, -0.05) is 18.2 Å². The molecule has 2 aromatic carbocycles. The Kier molecular flexibility index (Phi) is 4.30. The van der Waals surface area contributed by atoms with Crippen LogP contribution in [0.1, 0.15) is 11.1 Å². The molecule has 0 saturated heterocycles. The molecule has 0 heterocycles. The molecule has 0 aromatic heterocycles. The number of nitrogens with two attached hydrogens (primary N) is 1. The van der Waals surface area contributed by atoms with Crippen molar-refractivity contribution in [3.05, 3.63) is 57.8 Å². The molecule has 18 heavy (non-hydrogen) atoms.